The number of hydrogen-bond acceptors (Lipinski definition) is 4. The molecule has 23 heavy (non-hydrogen) atoms. The Hall–Kier alpha value is -1.56. The molecule has 0 saturated carbocycles. The van der Waals surface area contributed by atoms with Gasteiger partial charge in [-0.25, -0.2) is 4.39 Å². The number of nitrogens with zero attached hydrogens (tertiary/aromatic N) is 3. The highest BCUT2D eigenvalue weighted by molar-refractivity contribution is 6.30. The van der Waals surface area contributed by atoms with Crippen molar-refractivity contribution in [2.75, 3.05) is 26.3 Å². The summed E-state index contributed by atoms with van der Waals surface area (Å²) in [4.78, 5) is 10.7. The Balaban J connectivity index is 1.63. The van der Waals surface area contributed by atoms with E-state index in [1.807, 2.05) is 6.07 Å². The second-order valence-corrected chi connectivity index (χ2v) is 6.23. The lowest BCUT2D eigenvalue weighted by molar-refractivity contribution is 0.121. The molecule has 122 valence electrons. The molecule has 3 rings (SSSR count). The van der Waals surface area contributed by atoms with E-state index in [0.29, 0.717) is 25.7 Å². The van der Waals surface area contributed by atoms with Crippen LogP contribution in [0.15, 0.2) is 36.8 Å². The largest absolute Gasteiger partial charge is 0.380 e. The predicted molar refractivity (Wildman–Crippen MR) is 86.7 cm³/mol. The average molecular weight is 336 g/mol. The van der Waals surface area contributed by atoms with Crippen molar-refractivity contribution >= 4 is 11.6 Å². The molecule has 1 aliphatic rings. The standard InChI is InChI=1S/C17H19ClFN3O/c18-16-2-1-13(8-17(16)19)10-22-5-6-23-12-14(11-22)7-15-9-20-3-4-21-15/h1-4,8-9,14H,5-7,10-12H2/t14-/m1/s1. The van der Waals surface area contributed by atoms with Crippen LogP contribution in [0.4, 0.5) is 4.39 Å². The maximum atomic E-state index is 13.6. The molecule has 0 bridgehead atoms. The molecule has 0 spiro atoms. The first-order chi connectivity index (χ1) is 11.2. The molecule has 1 aromatic carbocycles. The molecule has 0 unspecified atom stereocenters. The average Bonchev–Trinajstić information content (AvgIpc) is 2.77. The summed E-state index contributed by atoms with van der Waals surface area (Å²) < 4.78 is 19.3. The number of aromatic nitrogens is 2. The van der Waals surface area contributed by atoms with Gasteiger partial charge in [0.25, 0.3) is 0 Å². The SMILES string of the molecule is Fc1cc(CN2CCOC[C@H](Cc3cnccn3)C2)ccc1Cl. The van der Waals surface area contributed by atoms with Crippen LogP contribution >= 0.6 is 11.6 Å². The van der Waals surface area contributed by atoms with Gasteiger partial charge in [0.15, 0.2) is 0 Å². The van der Waals surface area contributed by atoms with Gasteiger partial charge in [-0.1, -0.05) is 17.7 Å². The second kappa shape index (κ2) is 7.81. The van der Waals surface area contributed by atoms with Crippen molar-refractivity contribution in [2.24, 2.45) is 5.92 Å². The monoisotopic (exact) mass is 335 g/mol. The highest BCUT2D eigenvalue weighted by atomic mass is 35.5. The molecular weight excluding hydrogens is 317 g/mol. The molecule has 1 fully saturated rings. The van der Waals surface area contributed by atoms with Crippen LogP contribution in [0.5, 0.6) is 0 Å². The van der Waals surface area contributed by atoms with Gasteiger partial charge in [-0.15, -0.1) is 0 Å². The normalized spacial score (nSPS) is 19.5. The third-order valence-corrected chi connectivity index (χ3v) is 4.23. The van der Waals surface area contributed by atoms with Crippen LogP contribution in [-0.4, -0.2) is 41.2 Å². The minimum atomic E-state index is -0.369. The summed E-state index contributed by atoms with van der Waals surface area (Å²) in [5.41, 5.74) is 1.90. The molecule has 1 aromatic heterocycles. The zero-order chi connectivity index (χ0) is 16.1. The Morgan fingerprint density at radius 1 is 1.35 bits per heavy atom. The zero-order valence-corrected chi connectivity index (χ0v) is 13.5. The first-order valence-electron chi connectivity index (χ1n) is 7.69. The van der Waals surface area contributed by atoms with Gasteiger partial charge in [0, 0.05) is 44.1 Å². The van der Waals surface area contributed by atoms with Gasteiger partial charge in [-0.2, -0.15) is 0 Å². The summed E-state index contributed by atoms with van der Waals surface area (Å²) in [5, 5.41) is 0.161. The smallest absolute Gasteiger partial charge is 0.142 e. The number of benzene rings is 1. The maximum absolute atomic E-state index is 13.6. The van der Waals surface area contributed by atoms with Gasteiger partial charge in [0.1, 0.15) is 5.82 Å². The van der Waals surface area contributed by atoms with Gasteiger partial charge in [0.05, 0.1) is 23.9 Å². The summed E-state index contributed by atoms with van der Waals surface area (Å²) in [5.74, 6) is -0.0160. The summed E-state index contributed by atoms with van der Waals surface area (Å²) in [6, 6.07) is 4.98. The van der Waals surface area contributed by atoms with Crippen LogP contribution in [0.3, 0.4) is 0 Å². The zero-order valence-electron chi connectivity index (χ0n) is 12.8. The first kappa shape index (κ1) is 16.3. The molecule has 1 atom stereocenters. The predicted octanol–water partition coefficient (Wildman–Crippen LogP) is 2.96. The van der Waals surface area contributed by atoms with Gasteiger partial charge in [-0.05, 0) is 24.1 Å². The van der Waals surface area contributed by atoms with E-state index in [1.54, 1.807) is 24.7 Å². The molecule has 2 aromatic rings. The van der Waals surface area contributed by atoms with Gasteiger partial charge < -0.3 is 4.74 Å². The van der Waals surface area contributed by atoms with Crippen molar-refractivity contribution in [2.45, 2.75) is 13.0 Å². The Kier molecular flexibility index (Phi) is 5.54. The van der Waals surface area contributed by atoms with E-state index in [-0.39, 0.29) is 10.8 Å². The van der Waals surface area contributed by atoms with Crippen LogP contribution in [0.2, 0.25) is 5.02 Å². The van der Waals surface area contributed by atoms with E-state index in [4.69, 9.17) is 16.3 Å². The van der Waals surface area contributed by atoms with Crippen LogP contribution < -0.4 is 0 Å². The van der Waals surface area contributed by atoms with Gasteiger partial charge in [-0.3, -0.25) is 14.9 Å². The topological polar surface area (TPSA) is 38.2 Å². The molecule has 0 aliphatic carbocycles. The molecule has 0 amide bonds. The van der Waals surface area contributed by atoms with Crippen molar-refractivity contribution in [1.29, 1.82) is 0 Å². The molecule has 6 heteroatoms. The molecule has 0 radical (unpaired) electrons. The van der Waals surface area contributed by atoms with Crippen molar-refractivity contribution in [3.05, 3.63) is 58.9 Å². The minimum Gasteiger partial charge on any atom is -0.380 e. The number of rotatable bonds is 4. The quantitative estimate of drug-likeness (QED) is 0.861. The van der Waals surface area contributed by atoms with Gasteiger partial charge in [0.2, 0.25) is 0 Å². The van der Waals surface area contributed by atoms with Crippen molar-refractivity contribution < 1.29 is 9.13 Å². The van der Waals surface area contributed by atoms with Crippen molar-refractivity contribution in [3.63, 3.8) is 0 Å². The van der Waals surface area contributed by atoms with Crippen LogP contribution in [-0.2, 0) is 17.7 Å². The second-order valence-electron chi connectivity index (χ2n) is 5.83. The molecular formula is C17H19ClFN3O. The number of ether oxygens (including phenoxy) is 1. The fourth-order valence-corrected chi connectivity index (χ4v) is 2.96. The molecule has 0 N–H and O–H groups in total. The molecule has 2 heterocycles. The Labute approximate surface area is 140 Å². The van der Waals surface area contributed by atoms with E-state index >= 15 is 0 Å². The fourth-order valence-electron chi connectivity index (χ4n) is 2.85. The molecule has 1 aliphatic heterocycles. The lowest BCUT2D eigenvalue weighted by Gasteiger charge is -2.23. The molecule has 4 nitrogen and oxygen atoms in total. The number of halogens is 2. The third kappa shape index (κ3) is 4.70. The van der Waals surface area contributed by atoms with E-state index in [9.17, 15) is 4.39 Å². The van der Waals surface area contributed by atoms with E-state index in [1.165, 1.54) is 6.07 Å². The minimum absolute atomic E-state index is 0.161. The van der Waals surface area contributed by atoms with E-state index < -0.39 is 0 Å². The Morgan fingerprint density at radius 3 is 3.04 bits per heavy atom. The molecule has 1 saturated heterocycles. The lowest BCUT2D eigenvalue weighted by Crippen LogP contribution is -2.30. The van der Waals surface area contributed by atoms with Crippen LogP contribution in [0.25, 0.3) is 0 Å². The fraction of sp³-hybridized carbons (Fsp3) is 0.412. The number of hydrogen-bond donors (Lipinski definition) is 0. The summed E-state index contributed by atoms with van der Waals surface area (Å²) in [7, 11) is 0. The van der Waals surface area contributed by atoms with Crippen molar-refractivity contribution in [1.82, 2.24) is 14.9 Å². The van der Waals surface area contributed by atoms with Crippen LogP contribution in [0.1, 0.15) is 11.3 Å². The first-order valence-corrected chi connectivity index (χ1v) is 8.07. The summed E-state index contributed by atoms with van der Waals surface area (Å²) in [6.07, 6.45) is 6.01. The van der Waals surface area contributed by atoms with E-state index in [0.717, 1.165) is 30.8 Å². The summed E-state index contributed by atoms with van der Waals surface area (Å²) in [6.45, 7) is 3.81. The van der Waals surface area contributed by atoms with Gasteiger partial charge >= 0.3 is 0 Å². The third-order valence-electron chi connectivity index (χ3n) is 3.93. The Morgan fingerprint density at radius 2 is 2.26 bits per heavy atom. The summed E-state index contributed by atoms with van der Waals surface area (Å²) >= 11 is 5.74. The van der Waals surface area contributed by atoms with Crippen molar-refractivity contribution in [3.8, 4) is 0 Å². The Bertz CT molecular complexity index is 641. The highest BCUT2D eigenvalue weighted by Crippen LogP contribution is 2.19. The highest BCUT2D eigenvalue weighted by Gasteiger charge is 2.20. The van der Waals surface area contributed by atoms with Crippen LogP contribution in [0, 0.1) is 11.7 Å². The maximum Gasteiger partial charge on any atom is 0.142 e. The van der Waals surface area contributed by atoms with E-state index in [2.05, 4.69) is 14.9 Å². The lowest BCUT2D eigenvalue weighted by atomic mass is 10.0.